The van der Waals surface area contributed by atoms with Crippen LogP contribution in [-0.4, -0.2) is 24.4 Å². The number of ether oxygens (including phenoxy) is 1. The fraction of sp³-hybridized carbons (Fsp3) is 0.250. The van der Waals surface area contributed by atoms with Gasteiger partial charge in [0.25, 0.3) is 0 Å². The molecule has 1 N–H and O–H groups in total. The van der Waals surface area contributed by atoms with Crippen molar-refractivity contribution in [2.24, 2.45) is 0 Å². The molecule has 2 aromatic rings. The Kier molecular flexibility index (Phi) is 3.48. The van der Waals surface area contributed by atoms with Gasteiger partial charge in [-0.25, -0.2) is 4.98 Å². The van der Waals surface area contributed by atoms with Crippen LogP contribution in [0.4, 0.5) is 0 Å². The zero-order valence-corrected chi connectivity index (χ0v) is 11.3. The average molecular weight is 268 g/mol. The lowest BCUT2D eigenvalue weighted by Crippen LogP contribution is -2.25. The predicted octanol–water partition coefficient (Wildman–Crippen LogP) is 1.97. The lowest BCUT2D eigenvalue weighted by Gasteiger charge is -2.19. The number of rotatable bonds is 3. The minimum Gasteiger partial charge on any atom is -0.494 e. The molecule has 4 nitrogen and oxygen atoms in total. The number of aromatic nitrogens is 1. The molecular formula is C16H16N2O2. The number of benzene rings is 1. The highest BCUT2D eigenvalue weighted by molar-refractivity contribution is 6.10. The van der Waals surface area contributed by atoms with Crippen LogP contribution in [0.5, 0.6) is 5.75 Å². The maximum Gasteiger partial charge on any atom is 0.215 e. The van der Waals surface area contributed by atoms with Gasteiger partial charge < -0.3 is 10.1 Å². The first-order chi connectivity index (χ1) is 9.81. The van der Waals surface area contributed by atoms with Crippen molar-refractivity contribution in [2.75, 3.05) is 13.7 Å². The highest BCUT2D eigenvalue weighted by Gasteiger charge is 2.21. The third-order valence-corrected chi connectivity index (χ3v) is 3.59. The van der Waals surface area contributed by atoms with Gasteiger partial charge in [-0.15, -0.1) is 0 Å². The molecule has 0 saturated heterocycles. The Labute approximate surface area is 117 Å². The Bertz CT molecular complexity index is 653. The first kappa shape index (κ1) is 12.8. The molecule has 1 aromatic carbocycles. The first-order valence-electron chi connectivity index (χ1n) is 6.66. The van der Waals surface area contributed by atoms with Gasteiger partial charge in [0.05, 0.1) is 7.11 Å². The summed E-state index contributed by atoms with van der Waals surface area (Å²) in [6, 6.07) is 9.39. The van der Waals surface area contributed by atoms with Crippen LogP contribution in [0.1, 0.15) is 27.2 Å². The summed E-state index contributed by atoms with van der Waals surface area (Å²) in [4.78, 5) is 16.9. The number of carbonyl (C=O) groups excluding carboxylic acids is 1. The number of hydrogen-bond donors (Lipinski definition) is 1. The minimum atomic E-state index is -0.0683. The molecule has 102 valence electrons. The van der Waals surface area contributed by atoms with E-state index in [9.17, 15) is 4.79 Å². The Morgan fingerprint density at radius 2 is 2.20 bits per heavy atom. The highest BCUT2D eigenvalue weighted by atomic mass is 16.5. The van der Waals surface area contributed by atoms with E-state index < -0.39 is 0 Å². The molecule has 1 aliphatic heterocycles. The molecule has 0 amide bonds. The number of pyridine rings is 1. The van der Waals surface area contributed by atoms with E-state index in [0.717, 1.165) is 30.6 Å². The molecule has 0 saturated carbocycles. The normalized spacial score (nSPS) is 13.7. The quantitative estimate of drug-likeness (QED) is 0.865. The summed E-state index contributed by atoms with van der Waals surface area (Å²) in [6.07, 6.45) is 2.49. The molecule has 0 aliphatic carbocycles. The van der Waals surface area contributed by atoms with E-state index in [-0.39, 0.29) is 5.78 Å². The number of hydrogen-bond acceptors (Lipinski definition) is 4. The monoisotopic (exact) mass is 268 g/mol. The third kappa shape index (κ3) is 2.18. The third-order valence-electron chi connectivity index (χ3n) is 3.59. The zero-order chi connectivity index (χ0) is 13.9. The van der Waals surface area contributed by atoms with Gasteiger partial charge in [0.15, 0.2) is 5.69 Å². The lowest BCUT2D eigenvalue weighted by molar-refractivity contribution is 0.103. The summed E-state index contributed by atoms with van der Waals surface area (Å²) in [5.41, 5.74) is 3.43. The van der Waals surface area contributed by atoms with Gasteiger partial charge in [0.2, 0.25) is 5.78 Å². The number of nitrogens with one attached hydrogen (secondary N) is 1. The van der Waals surface area contributed by atoms with E-state index in [1.54, 1.807) is 25.4 Å². The van der Waals surface area contributed by atoms with E-state index in [1.807, 2.05) is 12.1 Å². The molecule has 0 atom stereocenters. The van der Waals surface area contributed by atoms with Crippen LogP contribution in [0, 0.1) is 0 Å². The molecule has 0 fully saturated rings. The van der Waals surface area contributed by atoms with Crippen LogP contribution >= 0.6 is 0 Å². The van der Waals surface area contributed by atoms with Crippen LogP contribution in [0.3, 0.4) is 0 Å². The Hall–Kier alpha value is -2.20. The summed E-state index contributed by atoms with van der Waals surface area (Å²) in [6.45, 7) is 1.71. The molecule has 1 aliphatic rings. The van der Waals surface area contributed by atoms with Crippen LogP contribution in [0.2, 0.25) is 0 Å². The minimum absolute atomic E-state index is 0.0683. The van der Waals surface area contributed by atoms with Crippen LogP contribution in [0.15, 0.2) is 36.5 Å². The Morgan fingerprint density at radius 3 is 3.05 bits per heavy atom. The van der Waals surface area contributed by atoms with Gasteiger partial charge in [0, 0.05) is 18.3 Å². The Balaban J connectivity index is 2.07. The first-order valence-corrected chi connectivity index (χ1v) is 6.66. The van der Waals surface area contributed by atoms with Crippen molar-refractivity contribution in [1.29, 1.82) is 0 Å². The maximum absolute atomic E-state index is 12.7. The van der Waals surface area contributed by atoms with E-state index in [2.05, 4.69) is 16.4 Å². The predicted molar refractivity (Wildman–Crippen MR) is 76.1 cm³/mol. The molecular weight excluding hydrogens is 252 g/mol. The zero-order valence-electron chi connectivity index (χ0n) is 11.3. The molecule has 2 heterocycles. The summed E-state index contributed by atoms with van der Waals surface area (Å²) >= 11 is 0. The second kappa shape index (κ2) is 5.43. The van der Waals surface area contributed by atoms with Crippen molar-refractivity contribution in [1.82, 2.24) is 10.3 Å². The number of fused-ring (bicyclic) bond motifs is 1. The molecule has 0 radical (unpaired) electrons. The van der Waals surface area contributed by atoms with E-state index in [4.69, 9.17) is 4.74 Å². The van der Waals surface area contributed by atoms with Gasteiger partial charge >= 0.3 is 0 Å². The molecule has 0 bridgehead atoms. The SMILES string of the molecule is COc1cccnc1C(=O)c1cccc2c1CCNC2. The summed E-state index contributed by atoms with van der Waals surface area (Å²) in [7, 11) is 1.55. The van der Waals surface area contributed by atoms with Crippen molar-refractivity contribution in [2.45, 2.75) is 13.0 Å². The molecule has 20 heavy (non-hydrogen) atoms. The highest BCUT2D eigenvalue weighted by Crippen LogP contribution is 2.24. The molecule has 0 unspecified atom stereocenters. The van der Waals surface area contributed by atoms with E-state index in [1.165, 1.54) is 5.56 Å². The second-order valence-electron chi connectivity index (χ2n) is 4.75. The van der Waals surface area contributed by atoms with E-state index in [0.29, 0.717) is 11.4 Å². The molecule has 0 spiro atoms. The number of nitrogens with zero attached hydrogens (tertiary/aromatic N) is 1. The largest absolute Gasteiger partial charge is 0.494 e. The standard InChI is InChI=1S/C16H16N2O2/c1-20-14-6-3-8-18-15(14)16(19)13-5-2-4-11-10-17-9-7-12(11)13/h2-6,8,17H,7,9-10H2,1H3. The summed E-state index contributed by atoms with van der Waals surface area (Å²) in [5.74, 6) is 0.449. The second-order valence-corrected chi connectivity index (χ2v) is 4.75. The van der Waals surface area contributed by atoms with Gasteiger partial charge in [-0.05, 0) is 36.2 Å². The average Bonchev–Trinajstić information content (AvgIpc) is 2.53. The number of ketones is 1. The maximum atomic E-state index is 12.7. The number of carbonyl (C=O) groups is 1. The fourth-order valence-corrected chi connectivity index (χ4v) is 2.60. The van der Waals surface area contributed by atoms with Crippen LogP contribution < -0.4 is 10.1 Å². The van der Waals surface area contributed by atoms with Crippen molar-refractivity contribution >= 4 is 5.78 Å². The van der Waals surface area contributed by atoms with Crippen molar-refractivity contribution in [3.05, 3.63) is 58.9 Å². The van der Waals surface area contributed by atoms with Crippen molar-refractivity contribution in [3.8, 4) is 5.75 Å². The topological polar surface area (TPSA) is 51.2 Å². The molecule has 1 aromatic heterocycles. The van der Waals surface area contributed by atoms with Gasteiger partial charge in [0.1, 0.15) is 5.75 Å². The Morgan fingerprint density at radius 1 is 1.30 bits per heavy atom. The van der Waals surface area contributed by atoms with Gasteiger partial charge in [-0.3, -0.25) is 4.79 Å². The number of methoxy groups -OCH3 is 1. The van der Waals surface area contributed by atoms with Gasteiger partial charge in [-0.2, -0.15) is 0 Å². The summed E-state index contributed by atoms with van der Waals surface area (Å²) < 4.78 is 5.24. The van der Waals surface area contributed by atoms with Gasteiger partial charge in [-0.1, -0.05) is 18.2 Å². The smallest absolute Gasteiger partial charge is 0.215 e. The lowest BCUT2D eigenvalue weighted by atomic mass is 9.92. The fourth-order valence-electron chi connectivity index (χ4n) is 2.60. The van der Waals surface area contributed by atoms with Crippen molar-refractivity contribution < 1.29 is 9.53 Å². The van der Waals surface area contributed by atoms with Crippen LogP contribution in [0.25, 0.3) is 0 Å². The molecule has 4 heteroatoms. The van der Waals surface area contributed by atoms with E-state index >= 15 is 0 Å². The van der Waals surface area contributed by atoms with Crippen molar-refractivity contribution in [3.63, 3.8) is 0 Å². The summed E-state index contributed by atoms with van der Waals surface area (Å²) in [5, 5.41) is 3.32. The molecule has 3 rings (SSSR count). The van der Waals surface area contributed by atoms with Crippen LogP contribution in [-0.2, 0) is 13.0 Å².